The highest BCUT2D eigenvalue weighted by atomic mass is 16.5. The van der Waals surface area contributed by atoms with Gasteiger partial charge in [0.15, 0.2) is 0 Å². The van der Waals surface area contributed by atoms with E-state index in [9.17, 15) is 0 Å². The third kappa shape index (κ3) is 5.01. The van der Waals surface area contributed by atoms with E-state index in [1.165, 1.54) is 18.4 Å². The van der Waals surface area contributed by atoms with Crippen LogP contribution in [0.4, 0.5) is 0 Å². The van der Waals surface area contributed by atoms with Gasteiger partial charge >= 0.3 is 0 Å². The minimum atomic E-state index is 0.232. The zero-order valence-corrected chi connectivity index (χ0v) is 13.6. The molecule has 1 saturated carbocycles. The Balaban J connectivity index is 2.07. The van der Waals surface area contributed by atoms with Crippen LogP contribution in [0.5, 0.6) is 5.75 Å². The smallest absolute Gasteiger partial charge is 0.119 e. The van der Waals surface area contributed by atoms with E-state index in [1.54, 1.807) is 0 Å². The Hall–Kier alpha value is -1.06. The molecule has 0 amide bonds. The fourth-order valence-electron chi connectivity index (χ4n) is 2.66. The van der Waals surface area contributed by atoms with Gasteiger partial charge in [-0.2, -0.15) is 0 Å². The van der Waals surface area contributed by atoms with Crippen molar-refractivity contribution in [3.05, 3.63) is 29.8 Å². The largest absolute Gasteiger partial charge is 0.490 e. The highest BCUT2D eigenvalue weighted by Gasteiger charge is 2.24. The van der Waals surface area contributed by atoms with Crippen LogP contribution in [0.2, 0.25) is 0 Å². The van der Waals surface area contributed by atoms with Gasteiger partial charge in [-0.05, 0) is 50.4 Å². The first-order valence-electron chi connectivity index (χ1n) is 8.40. The maximum atomic E-state index is 5.96. The molecule has 3 heteroatoms. The monoisotopic (exact) mass is 291 g/mol. The molecule has 0 aliphatic heterocycles. The third-order valence-corrected chi connectivity index (χ3v) is 3.82. The second-order valence-electron chi connectivity index (χ2n) is 5.70. The summed E-state index contributed by atoms with van der Waals surface area (Å²) in [6, 6.07) is 8.78. The summed E-state index contributed by atoms with van der Waals surface area (Å²) in [4.78, 5) is 0. The van der Waals surface area contributed by atoms with Crippen molar-refractivity contribution in [3.8, 4) is 5.75 Å². The lowest BCUT2D eigenvalue weighted by Crippen LogP contribution is -2.34. The quantitative estimate of drug-likeness (QED) is 0.704. The molecule has 1 fully saturated rings. The highest BCUT2D eigenvalue weighted by Crippen LogP contribution is 2.29. The van der Waals surface area contributed by atoms with Crippen molar-refractivity contribution in [3.63, 3.8) is 0 Å². The zero-order valence-electron chi connectivity index (χ0n) is 13.6. The zero-order chi connectivity index (χ0) is 15.1. The van der Waals surface area contributed by atoms with Gasteiger partial charge in [-0.1, -0.05) is 32.4 Å². The Labute approximate surface area is 129 Å². The van der Waals surface area contributed by atoms with Gasteiger partial charge in [-0.3, -0.25) is 0 Å². The summed E-state index contributed by atoms with van der Waals surface area (Å²) < 4.78 is 11.8. The fourth-order valence-corrected chi connectivity index (χ4v) is 2.66. The molecule has 2 unspecified atom stereocenters. The summed E-state index contributed by atoms with van der Waals surface area (Å²) >= 11 is 0. The molecule has 1 aliphatic carbocycles. The van der Waals surface area contributed by atoms with E-state index in [1.807, 2.05) is 0 Å². The first-order valence-corrected chi connectivity index (χ1v) is 8.40. The highest BCUT2D eigenvalue weighted by molar-refractivity contribution is 5.30. The van der Waals surface area contributed by atoms with Gasteiger partial charge in [0.25, 0.3) is 0 Å². The van der Waals surface area contributed by atoms with Crippen LogP contribution >= 0.6 is 0 Å². The molecule has 118 valence electrons. The van der Waals surface area contributed by atoms with Gasteiger partial charge in [-0.25, -0.2) is 0 Å². The van der Waals surface area contributed by atoms with E-state index >= 15 is 0 Å². The molecular formula is C18H29NO2. The molecular weight excluding hydrogens is 262 g/mol. The van der Waals surface area contributed by atoms with Gasteiger partial charge in [0.2, 0.25) is 0 Å². The molecule has 0 spiro atoms. The van der Waals surface area contributed by atoms with Gasteiger partial charge < -0.3 is 14.8 Å². The maximum absolute atomic E-state index is 5.96. The number of nitrogens with one attached hydrogen (secondary N) is 1. The van der Waals surface area contributed by atoms with Crippen LogP contribution in [0, 0.1) is 0 Å². The molecule has 3 nitrogen and oxygen atoms in total. The predicted octanol–water partition coefficient (Wildman–Crippen LogP) is 4.08. The van der Waals surface area contributed by atoms with Crippen LogP contribution in [0.15, 0.2) is 24.3 Å². The molecule has 0 radical (unpaired) electrons. The van der Waals surface area contributed by atoms with E-state index < -0.39 is 0 Å². The Morgan fingerprint density at radius 1 is 1.14 bits per heavy atom. The van der Waals surface area contributed by atoms with E-state index in [2.05, 4.69) is 50.4 Å². The molecule has 1 aliphatic rings. The first-order chi connectivity index (χ1) is 10.3. The number of likely N-dealkylation sites (N-methyl/N-ethyl adjacent to an activating group) is 1. The van der Waals surface area contributed by atoms with Gasteiger partial charge in [0.05, 0.1) is 18.2 Å². The molecule has 1 aromatic rings. The molecule has 1 aromatic carbocycles. The number of ether oxygens (including phenoxy) is 2. The summed E-state index contributed by atoms with van der Waals surface area (Å²) in [5, 5.41) is 3.58. The lowest BCUT2D eigenvalue weighted by Gasteiger charge is -2.28. The molecule has 0 heterocycles. The summed E-state index contributed by atoms with van der Waals surface area (Å²) in [5.74, 6) is 0.986. The van der Waals surface area contributed by atoms with Crippen LogP contribution < -0.4 is 10.1 Å². The SMILES string of the molecule is CCCC(OCC)C(NCC)c1ccc(OC2CC2)cc1. The summed E-state index contributed by atoms with van der Waals surface area (Å²) in [6.07, 6.45) is 5.29. The van der Waals surface area contributed by atoms with Crippen molar-refractivity contribution < 1.29 is 9.47 Å². The summed E-state index contributed by atoms with van der Waals surface area (Å²) in [6.45, 7) is 8.13. The van der Waals surface area contributed by atoms with E-state index in [0.29, 0.717) is 6.10 Å². The maximum Gasteiger partial charge on any atom is 0.119 e. The average molecular weight is 291 g/mol. The Kier molecular flexibility index (Phi) is 6.52. The summed E-state index contributed by atoms with van der Waals surface area (Å²) in [7, 11) is 0. The second kappa shape index (κ2) is 8.40. The Bertz CT molecular complexity index is 394. The van der Waals surface area contributed by atoms with Gasteiger partial charge in [0.1, 0.15) is 5.75 Å². The van der Waals surface area contributed by atoms with E-state index in [4.69, 9.17) is 9.47 Å². The van der Waals surface area contributed by atoms with Gasteiger partial charge in [-0.15, -0.1) is 0 Å². The lowest BCUT2D eigenvalue weighted by molar-refractivity contribution is 0.0280. The second-order valence-corrected chi connectivity index (χ2v) is 5.70. The van der Waals surface area contributed by atoms with Crippen molar-refractivity contribution in [2.45, 2.75) is 64.7 Å². The van der Waals surface area contributed by atoms with Crippen LogP contribution in [-0.4, -0.2) is 25.4 Å². The minimum Gasteiger partial charge on any atom is -0.490 e. The average Bonchev–Trinajstić information content (AvgIpc) is 3.30. The van der Waals surface area contributed by atoms with Crippen LogP contribution in [0.1, 0.15) is 58.1 Å². The molecule has 0 saturated heterocycles. The van der Waals surface area contributed by atoms with Crippen LogP contribution in [-0.2, 0) is 4.74 Å². The van der Waals surface area contributed by atoms with Crippen LogP contribution in [0.25, 0.3) is 0 Å². The molecule has 1 N–H and O–H groups in total. The molecule has 2 rings (SSSR count). The van der Waals surface area contributed by atoms with Crippen molar-refractivity contribution in [2.24, 2.45) is 0 Å². The number of hydrogen-bond acceptors (Lipinski definition) is 3. The molecule has 2 atom stereocenters. The number of rotatable bonds is 10. The van der Waals surface area contributed by atoms with Crippen LogP contribution in [0.3, 0.4) is 0 Å². The first kappa shape index (κ1) is 16.3. The molecule has 21 heavy (non-hydrogen) atoms. The Morgan fingerprint density at radius 2 is 1.86 bits per heavy atom. The predicted molar refractivity (Wildman–Crippen MR) is 86.8 cm³/mol. The van der Waals surface area contributed by atoms with E-state index in [-0.39, 0.29) is 12.1 Å². The molecule has 0 bridgehead atoms. The van der Waals surface area contributed by atoms with Crippen molar-refractivity contribution in [1.82, 2.24) is 5.32 Å². The minimum absolute atomic E-state index is 0.232. The van der Waals surface area contributed by atoms with E-state index in [0.717, 1.165) is 31.7 Å². The number of hydrogen-bond donors (Lipinski definition) is 1. The Morgan fingerprint density at radius 3 is 2.38 bits per heavy atom. The van der Waals surface area contributed by atoms with Gasteiger partial charge in [0, 0.05) is 6.61 Å². The van der Waals surface area contributed by atoms with Crippen molar-refractivity contribution in [1.29, 1.82) is 0 Å². The normalized spacial score (nSPS) is 17.5. The topological polar surface area (TPSA) is 30.5 Å². The number of benzene rings is 1. The fraction of sp³-hybridized carbons (Fsp3) is 0.667. The van der Waals surface area contributed by atoms with Crippen molar-refractivity contribution >= 4 is 0 Å². The van der Waals surface area contributed by atoms with Crippen molar-refractivity contribution in [2.75, 3.05) is 13.2 Å². The third-order valence-electron chi connectivity index (χ3n) is 3.82. The lowest BCUT2D eigenvalue weighted by atomic mass is 9.98. The standard InChI is InChI=1S/C18H29NO2/c1-4-7-17(20-6-3)18(19-5-2)14-8-10-15(11-9-14)21-16-12-13-16/h8-11,16-19H,4-7,12-13H2,1-3H3. The molecule has 0 aromatic heterocycles. The summed E-state index contributed by atoms with van der Waals surface area (Å²) in [5.41, 5.74) is 1.28.